The minimum Gasteiger partial charge on any atom is -0.384 e. The van der Waals surface area contributed by atoms with Gasteiger partial charge in [0.05, 0.1) is 4.43 Å². The van der Waals surface area contributed by atoms with Crippen molar-refractivity contribution < 1.29 is 5.11 Å². The summed E-state index contributed by atoms with van der Waals surface area (Å²) in [5.41, 5.74) is 0. The van der Waals surface area contributed by atoms with Crippen LogP contribution in [0, 0.1) is 11.8 Å². The average molecular weight is 196 g/mol. The van der Waals surface area contributed by atoms with E-state index in [0.29, 0.717) is 0 Å². The highest BCUT2D eigenvalue weighted by Crippen LogP contribution is 1.72. The van der Waals surface area contributed by atoms with E-state index >= 15 is 0 Å². The van der Waals surface area contributed by atoms with Crippen LogP contribution >= 0.6 is 22.6 Å². The molecule has 2 heteroatoms. The van der Waals surface area contributed by atoms with Crippen LogP contribution in [0.25, 0.3) is 0 Å². The van der Waals surface area contributed by atoms with Crippen LogP contribution in [0.15, 0.2) is 0 Å². The van der Waals surface area contributed by atoms with Crippen LogP contribution in [0.1, 0.15) is 0 Å². The number of hydrogen-bond donors (Lipinski definition) is 1. The van der Waals surface area contributed by atoms with Gasteiger partial charge < -0.3 is 5.11 Å². The van der Waals surface area contributed by atoms with Crippen molar-refractivity contribution in [1.82, 2.24) is 0 Å². The van der Waals surface area contributed by atoms with E-state index in [9.17, 15) is 0 Å². The summed E-state index contributed by atoms with van der Waals surface area (Å²) in [5, 5.41) is 8.02. The summed E-state index contributed by atoms with van der Waals surface area (Å²) in [4.78, 5) is 0. The number of rotatable bonds is 0. The molecule has 0 aromatic rings. The van der Waals surface area contributed by atoms with Gasteiger partial charge in [0.15, 0.2) is 0 Å². The summed E-state index contributed by atoms with van der Waals surface area (Å²) in [7, 11) is 0. The van der Waals surface area contributed by atoms with Gasteiger partial charge in [0.2, 0.25) is 0 Å². The summed E-state index contributed by atoms with van der Waals surface area (Å²) in [6.07, 6.45) is 0. The molecule has 6 heavy (non-hydrogen) atoms. The van der Waals surface area contributed by atoms with Crippen molar-refractivity contribution in [1.29, 1.82) is 0 Å². The molecule has 0 unspecified atom stereocenters. The molecule has 0 saturated heterocycles. The zero-order chi connectivity index (χ0) is 4.83. The van der Waals surface area contributed by atoms with Gasteiger partial charge in [-0.05, 0) is 0 Å². The molecule has 0 radical (unpaired) electrons. The molecule has 1 nitrogen and oxygen atoms in total. The minimum atomic E-state index is -0.0109. The van der Waals surface area contributed by atoms with Crippen molar-refractivity contribution in [3.05, 3.63) is 0 Å². The quantitative estimate of drug-likeness (QED) is 0.338. The molecular weight excluding hydrogens is 191 g/mol. The van der Waals surface area contributed by atoms with Crippen molar-refractivity contribution in [3.63, 3.8) is 0 Å². The smallest absolute Gasteiger partial charge is 0.104 e. The molecule has 0 aliphatic carbocycles. The van der Waals surface area contributed by atoms with Gasteiger partial charge in [0, 0.05) is 0 Å². The Morgan fingerprint density at radius 1 is 1.50 bits per heavy atom. The van der Waals surface area contributed by atoms with E-state index in [0.717, 1.165) is 4.43 Å². The molecule has 0 bridgehead atoms. The zero-order valence-corrected chi connectivity index (χ0v) is 5.40. The maximum atomic E-state index is 8.02. The van der Waals surface area contributed by atoms with Gasteiger partial charge in [-0.15, -0.1) is 0 Å². The van der Waals surface area contributed by atoms with Crippen LogP contribution in [0.2, 0.25) is 0 Å². The maximum Gasteiger partial charge on any atom is 0.104 e. The van der Waals surface area contributed by atoms with Gasteiger partial charge in [-0.2, -0.15) is 0 Å². The van der Waals surface area contributed by atoms with Crippen LogP contribution in [0.3, 0.4) is 0 Å². The number of halogens is 1. The number of alkyl halides is 1. The van der Waals surface area contributed by atoms with E-state index in [1.807, 2.05) is 0 Å². The third-order valence-corrected chi connectivity index (χ3v) is 0.652. The number of aliphatic hydroxyl groups excluding tert-OH is 1. The second-order valence-corrected chi connectivity index (χ2v) is 1.41. The van der Waals surface area contributed by atoms with E-state index < -0.39 is 0 Å². The standard InChI is InChI=1S/C4H5IO/c5-3-1-2-4-6/h6H,3-4H2. The fourth-order valence-electron chi connectivity index (χ4n) is 0.103. The van der Waals surface area contributed by atoms with Gasteiger partial charge in [-0.25, -0.2) is 0 Å². The van der Waals surface area contributed by atoms with E-state index in [1.165, 1.54) is 0 Å². The highest BCUT2D eigenvalue weighted by Gasteiger charge is 1.57. The molecule has 0 aliphatic rings. The maximum absolute atomic E-state index is 8.02. The summed E-state index contributed by atoms with van der Waals surface area (Å²) >= 11 is 2.13. The lowest BCUT2D eigenvalue weighted by Crippen LogP contribution is -1.70. The predicted molar refractivity (Wildman–Crippen MR) is 33.7 cm³/mol. The van der Waals surface area contributed by atoms with Crippen LogP contribution in [-0.2, 0) is 0 Å². The molecule has 0 fully saturated rings. The topological polar surface area (TPSA) is 20.2 Å². The SMILES string of the molecule is OCC#CCI. The summed E-state index contributed by atoms with van der Waals surface area (Å²) in [5.74, 6) is 5.18. The van der Waals surface area contributed by atoms with E-state index in [1.54, 1.807) is 0 Å². The highest BCUT2D eigenvalue weighted by molar-refractivity contribution is 14.1. The fourth-order valence-corrected chi connectivity index (χ4v) is 0.373. The molecule has 0 spiro atoms. The van der Waals surface area contributed by atoms with E-state index in [2.05, 4.69) is 34.4 Å². The van der Waals surface area contributed by atoms with Crippen molar-refractivity contribution in [2.45, 2.75) is 0 Å². The largest absolute Gasteiger partial charge is 0.384 e. The lowest BCUT2D eigenvalue weighted by Gasteiger charge is -1.65. The molecule has 0 heterocycles. The van der Waals surface area contributed by atoms with Crippen molar-refractivity contribution in [2.75, 3.05) is 11.0 Å². The van der Waals surface area contributed by atoms with Crippen LogP contribution < -0.4 is 0 Å². The molecule has 0 aliphatic heterocycles. The van der Waals surface area contributed by atoms with Crippen molar-refractivity contribution in [2.24, 2.45) is 0 Å². The first kappa shape index (κ1) is 6.25. The molecule has 0 amide bonds. The second-order valence-electron chi connectivity index (χ2n) is 0.645. The molecular formula is C4H5IO. The Labute approximate surface area is 50.9 Å². The van der Waals surface area contributed by atoms with Crippen molar-refractivity contribution >= 4 is 22.6 Å². The van der Waals surface area contributed by atoms with Crippen molar-refractivity contribution in [3.8, 4) is 11.8 Å². The molecule has 0 saturated carbocycles. The first-order valence-electron chi connectivity index (χ1n) is 1.54. The van der Waals surface area contributed by atoms with E-state index in [4.69, 9.17) is 5.11 Å². The Morgan fingerprint density at radius 3 is 2.33 bits per heavy atom. The predicted octanol–water partition coefficient (Wildman–Crippen LogP) is 0.417. The van der Waals surface area contributed by atoms with Gasteiger partial charge in [-0.1, -0.05) is 34.4 Å². The molecule has 0 aromatic carbocycles. The molecule has 0 atom stereocenters. The Bertz CT molecular complexity index is 61.4. The Hall–Kier alpha value is 0.250. The monoisotopic (exact) mass is 196 g/mol. The molecule has 0 aromatic heterocycles. The summed E-state index contributed by atoms with van der Waals surface area (Å²) < 4.78 is 0.804. The van der Waals surface area contributed by atoms with Gasteiger partial charge in [0.1, 0.15) is 6.61 Å². The third-order valence-electron chi connectivity index (χ3n) is 0.271. The van der Waals surface area contributed by atoms with Gasteiger partial charge in [-0.3, -0.25) is 0 Å². The first-order chi connectivity index (χ1) is 2.91. The lowest BCUT2D eigenvalue weighted by atomic mass is 10.6. The average Bonchev–Trinajstić information content (AvgIpc) is 1.61. The van der Waals surface area contributed by atoms with Gasteiger partial charge in [0.25, 0.3) is 0 Å². The van der Waals surface area contributed by atoms with Gasteiger partial charge >= 0.3 is 0 Å². The first-order valence-corrected chi connectivity index (χ1v) is 3.07. The third kappa shape index (κ3) is 4.25. The Balaban J connectivity index is 2.90. The van der Waals surface area contributed by atoms with Crippen LogP contribution in [0.4, 0.5) is 0 Å². The number of aliphatic hydroxyl groups is 1. The Morgan fingerprint density at radius 2 is 2.17 bits per heavy atom. The summed E-state index contributed by atoms with van der Waals surface area (Å²) in [6, 6.07) is 0. The molecule has 34 valence electrons. The Kier molecular flexibility index (Phi) is 5.47. The normalized spacial score (nSPS) is 6.33. The van der Waals surface area contributed by atoms with Crippen LogP contribution in [-0.4, -0.2) is 16.1 Å². The summed E-state index contributed by atoms with van der Waals surface area (Å²) in [6.45, 7) is -0.0109. The zero-order valence-electron chi connectivity index (χ0n) is 3.24. The molecule has 0 rings (SSSR count). The minimum absolute atomic E-state index is 0.0109. The number of hydrogen-bond acceptors (Lipinski definition) is 1. The second kappa shape index (κ2) is 5.25. The fraction of sp³-hybridized carbons (Fsp3) is 0.500. The van der Waals surface area contributed by atoms with E-state index in [-0.39, 0.29) is 6.61 Å². The molecule has 1 N–H and O–H groups in total. The highest BCUT2D eigenvalue weighted by atomic mass is 127. The lowest BCUT2D eigenvalue weighted by molar-refractivity contribution is 0.350. The van der Waals surface area contributed by atoms with Crippen LogP contribution in [0.5, 0.6) is 0 Å².